The summed E-state index contributed by atoms with van der Waals surface area (Å²) in [6.07, 6.45) is 1.69. The third-order valence-electron chi connectivity index (χ3n) is 1.58. The van der Waals surface area contributed by atoms with Crippen molar-refractivity contribution < 1.29 is 0 Å². The quantitative estimate of drug-likeness (QED) is 0.658. The largest absolute Gasteiger partial charge is 0.321 e. The molecule has 0 heterocycles. The van der Waals surface area contributed by atoms with Gasteiger partial charge >= 0.3 is 0 Å². The summed E-state index contributed by atoms with van der Waals surface area (Å²) in [6, 6.07) is 5.65. The SMILES string of the molecule is C=C[C@@H](N)c1ccc(I)c(Cl)c1. The van der Waals surface area contributed by atoms with Gasteiger partial charge in [0.25, 0.3) is 0 Å². The van der Waals surface area contributed by atoms with E-state index in [1.54, 1.807) is 6.08 Å². The lowest BCUT2D eigenvalue weighted by molar-refractivity contribution is 0.914. The van der Waals surface area contributed by atoms with Gasteiger partial charge in [0.2, 0.25) is 0 Å². The first-order chi connectivity index (χ1) is 5.65. The fraction of sp³-hybridized carbons (Fsp3) is 0.111. The molecule has 0 spiro atoms. The van der Waals surface area contributed by atoms with Crippen molar-refractivity contribution in [3.8, 4) is 0 Å². The molecule has 0 saturated carbocycles. The maximum atomic E-state index is 5.92. The van der Waals surface area contributed by atoms with Gasteiger partial charge in [-0.05, 0) is 40.3 Å². The lowest BCUT2D eigenvalue weighted by atomic mass is 10.1. The maximum Gasteiger partial charge on any atom is 0.0542 e. The van der Waals surface area contributed by atoms with Crippen molar-refractivity contribution in [2.24, 2.45) is 5.73 Å². The summed E-state index contributed by atoms with van der Waals surface area (Å²) in [5.41, 5.74) is 6.73. The molecule has 0 saturated heterocycles. The van der Waals surface area contributed by atoms with E-state index in [4.69, 9.17) is 17.3 Å². The zero-order chi connectivity index (χ0) is 9.14. The zero-order valence-electron chi connectivity index (χ0n) is 6.43. The van der Waals surface area contributed by atoms with Crippen LogP contribution in [0.4, 0.5) is 0 Å². The molecule has 0 aromatic heterocycles. The van der Waals surface area contributed by atoms with Crippen molar-refractivity contribution in [1.82, 2.24) is 0 Å². The Hall–Kier alpha value is -0.0600. The van der Waals surface area contributed by atoms with Crippen LogP contribution >= 0.6 is 34.2 Å². The molecule has 1 aromatic rings. The van der Waals surface area contributed by atoms with Gasteiger partial charge in [0, 0.05) is 9.61 Å². The van der Waals surface area contributed by atoms with Gasteiger partial charge < -0.3 is 5.73 Å². The van der Waals surface area contributed by atoms with Crippen molar-refractivity contribution >= 4 is 34.2 Å². The Morgan fingerprint density at radius 1 is 1.58 bits per heavy atom. The van der Waals surface area contributed by atoms with Crippen molar-refractivity contribution in [3.63, 3.8) is 0 Å². The number of rotatable bonds is 2. The highest BCUT2D eigenvalue weighted by molar-refractivity contribution is 14.1. The topological polar surface area (TPSA) is 26.0 Å². The second kappa shape index (κ2) is 4.25. The Bertz CT molecular complexity index is 299. The molecule has 3 heteroatoms. The molecule has 2 N–H and O–H groups in total. The molecule has 12 heavy (non-hydrogen) atoms. The Morgan fingerprint density at radius 3 is 2.75 bits per heavy atom. The maximum absolute atomic E-state index is 5.92. The van der Waals surface area contributed by atoms with Gasteiger partial charge in [-0.2, -0.15) is 0 Å². The van der Waals surface area contributed by atoms with E-state index in [1.165, 1.54) is 0 Å². The molecule has 0 fully saturated rings. The first-order valence-corrected chi connectivity index (χ1v) is 4.94. The van der Waals surface area contributed by atoms with E-state index in [1.807, 2.05) is 18.2 Å². The fourth-order valence-corrected chi connectivity index (χ4v) is 1.38. The molecular weight excluding hydrogens is 284 g/mol. The summed E-state index contributed by atoms with van der Waals surface area (Å²) in [5, 5.41) is 0.741. The lowest BCUT2D eigenvalue weighted by Crippen LogP contribution is -2.06. The van der Waals surface area contributed by atoms with Crippen LogP contribution in [0.25, 0.3) is 0 Å². The van der Waals surface area contributed by atoms with Crippen molar-refractivity contribution in [2.45, 2.75) is 6.04 Å². The van der Waals surface area contributed by atoms with Crippen LogP contribution in [0, 0.1) is 3.57 Å². The van der Waals surface area contributed by atoms with Crippen molar-refractivity contribution in [3.05, 3.63) is 45.0 Å². The molecular formula is C9H9ClIN. The van der Waals surface area contributed by atoms with E-state index in [-0.39, 0.29) is 6.04 Å². The minimum absolute atomic E-state index is 0.125. The van der Waals surface area contributed by atoms with E-state index in [0.717, 1.165) is 14.2 Å². The number of benzene rings is 1. The average molecular weight is 294 g/mol. The second-order valence-electron chi connectivity index (χ2n) is 2.44. The van der Waals surface area contributed by atoms with E-state index in [9.17, 15) is 0 Å². The van der Waals surface area contributed by atoms with Crippen LogP contribution in [-0.4, -0.2) is 0 Å². The van der Waals surface area contributed by atoms with E-state index < -0.39 is 0 Å². The number of halogens is 2. The third-order valence-corrected chi connectivity index (χ3v) is 3.15. The fourth-order valence-electron chi connectivity index (χ4n) is 0.856. The summed E-state index contributed by atoms with van der Waals surface area (Å²) >= 11 is 8.10. The molecule has 1 atom stereocenters. The summed E-state index contributed by atoms with van der Waals surface area (Å²) < 4.78 is 1.04. The van der Waals surface area contributed by atoms with Crippen molar-refractivity contribution in [2.75, 3.05) is 0 Å². The first kappa shape index (κ1) is 10.0. The van der Waals surface area contributed by atoms with E-state index in [2.05, 4.69) is 29.2 Å². The molecule has 0 aliphatic rings. The van der Waals surface area contributed by atoms with Gasteiger partial charge in [0.05, 0.1) is 5.02 Å². The summed E-state index contributed by atoms with van der Waals surface area (Å²) in [6.45, 7) is 3.62. The smallest absolute Gasteiger partial charge is 0.0542 e. The average Bonchev–Trinajstić information content (AvgIpc) is 2.08. The second-order valence-corrected chi connectivity index (χ2v) is 4.00. The molecule has 1 nitrogen and oxygen atoms in total. The Balaban J connectivity index is 3.04. The Labute approximate surface area is 90.7 Å². The number of hydrogen-bond donors (Lipinski definition) is 1. The van der Waals surface area contributed by atoms with Crippen LogP contribution in [-0.2, 0) is 0 Å². The standard InChI is InChI=1S/C9H9ClIN/c1-2-9(12)6-3-4-8(11)7(10)5-6/h2-5,9H,1,12H2/t9-/m1/s1. The predicted octanol–water partition coefficient (Wildman–Crippen LogP) is 3.13. The Kier molecular flexibility index (Phi) is 3.55. The van der Waals surface area contributed by atoms with E-state index in [0.29, 0.717) is 0 Å². The molecule has 0 aliphatic heterocycles. The van der Waals surface area contributed by atoms with Crippen LogP contribution in [0.1, 0.15) is 11.6 Å². The molecule has 0 amide bonds. The highest BCUT2D eigenvalue weighted by atomic mass is 127. The Morgan fingerprint density at radius 2 is 2.25 bits per heavy atom. The van der Waals surface area contributed by atoms with Crippen molar-refractivity contribution in [1.29, 1.82) is 0 Å². The van der Waals surface area contributed by atoms with Crippen LogP contribution in [0.2, 0.25) is 5.02 Å². The highest BCUT2D eigenvalue weighted by Gasteiger charge is 2.03. The monoisotopic (exact) mass is 293 g/mol. The molecule has 1 aromatic carbocycles. The van der Waals surface area contributed by atoms with Gasteiger partial charge in [-0.3, -0.25) is 0 Å². The van der Waals surface area contributed by atoms with Crippen LogP contribution in [0.15, 0.2) is 30.9 Å². The molecule has 0 bridgehead atoms. The predicted molar refractivity (Wildman–Crippen MR) is 61.3 cm³/mol. The number of nitrogens with two attached hydrogens (primary N) is 1. The molecule has 0 unspecified atom stereocenters. The summed E-state index contributed by atoms with van der Waals surface area (Å²) in [5.74, 6) is 0. The minimum Gasteiger partial charge on any atom is -0.321 e. The molecule has 0 radical (unpaired) electrons. The minimum atomic E-state index is -0.125. The third kappa shape index (κ3) is 2.21. The number of hydrogen-bond acceptors (Lipinski definition) is 1. The molecule has 64 valence electrons. The van der Waals surface area contributed by atoms with Gasteiger partial charge in [-0.1, -0.05) is 23.7 Å². The van der Waals surface area contributed by atoms with E-state index >= 15 is 0 Å². The first-order valence-electron chi connectivity index (χ1n) is 3.48. The normalized spacial score (nSPS) is 12.6. The van der Waals surface area contributed by atoms with Gasteiger partial charge in [-0.25, -0.2) is 0 Å². The van der Waals surface area contributed by atoms with Gasteiger partial charge in [0.15, 0.2) is 0 Å². The summed E-state index contributed by atoms with van der Waals surface area (Å²) in [7, 11) is 0. The highest BCUT2D eigenvalue weighted by Crippen LogP contribution is 2.22. The molecule has 0 aliphatic carbocycles. The van der Waals surface area contributed by atoms with Crippen LogP contribution in [0.3, 0.4) is 0 Å². The van der Waals surface area contributed by atoms with Crippen LogP contribution in [0.5, 0.6) is 0 Å². The zero-order valence-corrected chi connectivity index (χ0v) is 9.34. The lowest BCUT2D eigenvalue weighted by Gasteiger charge is -2.06. The van der Waals surface area contributed by atoms with Gasteiger partial charge in [0.1, 0.15) is 0 Å². The van der Waals surface area contributed by atoms with Crippen LogP contribution < -0.4 is 5.73 Å². The van der Waals surface area contributed by atoms with Gasteiger partial charge in [-0.15, -0.1) is 6.58 Å². The summed E-state index contributed by atoms with van der Waals surface area (Å²) in [4.78, 5) is 0. The molecule has 1 rings (SSSR count).